The summed E-state index contributed by atoms with van der Waals surface area (Å²) in [5.74, 6) is -0.775. The highest BCUT2D eigenvalue weighted by Crippen LogP contribution is 2.37. The van der Waals surface area contributed by atoms with E-state index in [4.69, 9.17) is 16.3 Å². The van der Waals surface area contributed by atoms with Gasteiger partial charge in [0.25, 0.3) is 0 Å². The molecule has 3 rings (SSSR count). The van der Waals surface area contributed by atoms with Crippen LogP contribution in [-0.2, 0) is 0 Å². The maximum Gasteiger partial charge on any atom is 0.178 e. The molecule has 1 unspecified atom stereocenters. The lowest BCUT2D eigenvalue weighted by Gasteiger charge is -2.25. The van der Waals surface area contributed by atoms with Crippen molar-refractivity contribution in [1.82, 2.24) is 0 Å². The molecular weight excluding hydrogens is 347 g/mol. The van der Waals surface area contributed by atoms with Gasteiger partial charge in [-0.1, -0.05) is 23.7 Å². The van der Waals surface area contributed by atoms with Gasteiger partial charge in [-0.15, -0.1) is 0 Å². The van der Waals surface area contributed by atoms with Gasteiger partial charge in [0.15, 0.2) is 5.78 Å². The zero-order chi connectivity index (χ0) is 14.3. The van der Waals surface area contributed by atoms with Crippen molar-refractivity contribution in [2.75, 3.05) is 6.61 Å². The number of benzene rings is 2. The lowest BCUT2D eigenvalue weighted by molar-refractivity contribution is 0.0892. The first-order valence-electron chi connectivity index (χ1n) is 5.98. The summed E-state index contributed by atoms with van der Waals surface area (Å²) in [5, 5.41) is 0.303. The number of Topliss-reactive ketones (excluding diaryl/α,β-unsaturated/α-hetero) is 1. The Kier molecular flexibility index (Phi) is 3.52. The second kappa shape index (κ2) is 5.19. The van der Waals surface area contributed by atoms with Crippen LogP contribution in [0, 0.1) is 5.82 Å². The molecular formula is C15H9BrClFO2. The van der Waals surface area contributed by atoms with E-state index < -0.39 is 11.7 Å². The maximum absolute atomic E-state index is 14.0. The van der Waals surface area contributed by atoms with E-state index in [1.54, 1.807) is 24.3 Å². The van der Waals surface area contributed by atoms with Crippen LogP contribution in [0.15, 0.2) is 40.9 Å². The molecule has 0 saturated carbocycles. The summed E-state index contributed by atoms with van der Waals surface area (Å²) < 4.78 is 20.2. The highest BCUT2D eigenvalue weighted by atomic mass is 79.9. The Balaban J connectivity index is 2.06. The van der Waals surface area contributed by atoms with Gasteiger partial charge in [-0.3, -0.25) is 4.79 Å². The minimum absolute atomic E-state index is 0.126. The van der Waals surface area contributed by atoms with E-state index in [1.807, 2.05) is 0 Å². The molecule has 0 fully saturated rings. The van der Waals surface area contributed by atoms with Gasteiger partial charge in [-0.05, 0) is 40.2 Å². The molecule has 2 nitrogen and oxygen atoms in total. The van der Waals surface area contributed by atoms with E-state index in [0.29, 0.717) is 26.4 Å². The van der Waals surface area contributed by atoms with Gasteiger partial charge >= 0.3 is 0 Å². The minimum Gasteiger partial charge on any atom is -0.492 e. The number of rotatable bonds is 1. The van der Waals surface area contributed by atoms with Gasteiger partial charge < -0.3 is 4.74 Å². The summed E-state index contributed by atoms with van der Waals surface area (Å²) in [6.45, 7) is 0.126. The van der Waals surface area contributed by atoms with Crippen LogP contribution in [0.5, 0.6) is 5.75 Å². The minimum atomic E-state index is -0.654. The van der Waals surface area contributed by atoms with Crippen molar-refractivity contribution in [1.29, 1.82) is 0 Å². The molecule has 2 aromatic carbocycles. The number of hydrogen-bond donors (Lipinski definition) is 0. The molecule has 1 heterocycles. The zero-order valence-electron chi connectivity index (χ0n) is 10.2. The van der Waals surface area contributed by atoms with Crippen LogP contribution in [-0.4, -0.2) is 12.4 Å². The first kappa shape index (κ1) is 13.6. The van der Waals surface area contributed by atoms with Crippen LogP contribution in [0.3, 0.4) is 0 Å². The van der Waals surface area contributed by atoms with Crippen LogP contribution in [0.2, 0.25) is 5.02 Å². The van der Waals surface area contributed by atoms with Gasteiger partial charge in [-0.25, -0.2) is 4.39 Å². The molecule has 102 valence electrons. The Morgan fingerprint density at radius 2 is 2.10 bits per heavy atom. The lowest BCUT2D eigenvalue weighted by Crippen LogP contribution is -2.27. The summed E-state index contributed by atoms with van der Waals surface area (Å²) in [7, 11) is 0. The molecule has 1 aliphatic rings. The summed E-state index contributed by atoms with van der Waals surface area (Å²) in [6.07, 6.45) is 0. The zero-order valence-corrected chi connectivity index (χ0v) is 12.5. The van der Waals surface area contributed by atoms with Gasteiger partial charge in [0.1, 0.15) is 18.2 Å². The third-order valence-electron chi connectivity index (χ3n) is 3.28. The molecule has 5 heteroatoms. The van der Waals surface area contributed by atoms with E-state index in [2.05, 4.69) is 15.9 Å². The summed E-state index contributed by atoms with van der Waals surface area (Å²) >= 11 is 9.07. The number of halogens is 3. The van der Waals surface area contributed by atoms with Crippen LogP contribution in [0.1, 0.15) is 21.8 Å². The molecule has 0 radical (unpaired) electrons. The Hall–Kier alpha value is -1.39. The monoisotopic (exact) mass is 354 g/mol. The van der Waals surface area contributed by atoms with E-state index >= 15 is 0 Å². The maximum atomic E-state index is 14.0. The van der Waals surface area contributed by atoms with E-state index in [0.717, 1.165) is 0 Å². The van der Waals surface area contributed by atoms with Crippen molar-refractivity contribution in [3.05, 3.63) is 62.8 Å². The molecule has 0 N–H and O–H groups in total. The third-order valence-corrected chi connectivity index (χ3v) is 4.18. The molecule has 0 spiro atoms. The van der Waals surface area contributed by atoms with Crippen molar-refractivity contribution in [3.63, 3.8) is 0 Å². The Morgan fingerprint density at radius 1 is 1.30 bits per heavy atom. The van der Waals surface area contributed by atoms with Crippen LogP contribution in [0.4, 0.5) is 4.39 Å². The smallest absolute Gasteiger partial charge is 0.178 e. The number of ketones is 1. The number of carbonyl (C=O) groups excluding carboxylic acids is 1. The summed E-state index contributed by atoms with van der Waals surface area (Å²) in [5.41, 5.74) is 0.763. The van der Waals surface area contributed by atoms with Gasteiger partial charge in [-0.2, -0.15) is 0 Å². The van der Waals surface area contributed by atoms with E-state index in [9.17, 15) is 9.18 Å². The van der Waals surface area contributed by atoms with E-state index in [-0.39, 0.29) is 12.4 Å². The summed E-state index contributed by atoms with van der Waals surface area (Å²) in [4.78, 5) is 12.6. The molecule has 0 aromatic heterocycles. The predicted octanol–water partition coefficient (Wildman–Crippen LogP) is 4.60. The molecule has 1 aliphatic heterocycles. The van der Waals surface area contributed by atoms with Gasteiger partial charge in [0, 0.05) is 15.1 Å². The number of carbonyl (C=O) groups is 1. The molecule has 20 heavy (non-hydrogen) atoms. The fourth-order valence-corrected chi connectivity index (χ4v) is 3.00. The van der Waals surface area contributed by atoms with Crippen molar-refractivity contribution in [2.45, 2.75) is 5.92 Å². The van der Waals surface area contributed by atoms with Crippen LogP contribution in [0.25, 0.3) is 0 Å². The first-order valence-corrected chi connectivity index (χ1v) is 7.15. The molecule has 1 atom stereocenters. The second-order valence-electron chi connectivity index (χ2n) is 4.51. The average molecular weight is 356 g/mol. The van der Waals surface area contributed by atoms with Gasteiger partial charge in [0.2, 0.25) is 0 Å². The molecule has 0 bridgehead atoms. The molecule has 0 saturated heterocycles. The largest absolute Gasteiger partial charge is 0.492 e. The van der Waals surface area contributed by atoms with Crippen LogP contribution >= 0.6 is 27.5 Å². The molecule has 2 aromatic rings. The highest BCUT2D eigenvalue weighted by molar-refractivity contribution is 9.10. The molecule has 0 aliphatic carbocycles. The normalized spacial score (nSPS) is 17.6. The van der Waals surface area contributed by atoms with Gasteiger partial charge in [0.05, 0.1) is 11.5 Å². The van der Waals surface area contributed by atoms with Crippen molar-refractivity contribution < 1.29 is 13.9 Å². The Morgan fingerprint density at radius 3 is 2.85 bits per heavy atom. The number of ether oxygens (including phenoxy) is 1. The third kappa shape index (κ3) is 2.23. The van der Waals surface area contributed by atoms with Crippen LogP contribution < -0.4 is 4.74 Å². The SMILES string of the molecule is O=C1c2c(Br)cccc2OCC1c1ccc(Cl)cc1F. The predicted molar refractivity (Wildman–Crippen MR) is 78.1 cm³/mol. The summed E-state index contributed by atoms with van der Waals surface area (Å²) in [6, 6.07) is 9.60. The topological polar surface area (TPSA) is 26.3 Å². The first-order chi connectivity index (χ1) is 9.58. The van der Waals surface area contributed by atoms with Crippen molar-refractivity contribution >= 4 is 33.3 Å². The average Bonchev–Trinajstić information content (AvgIpc) is 2.40. The Labute approximate surface area is 128 Å². The fourth-order valence-electron chi connectivity index (χ4n) is 2.30. The molecule has 0 amide bonds. The van der Waals surface area contributed by atoms with Crippen molar-refractivity contribution in [3.8, 4) is 5.75 Å². The second-order valence-corrected chi connectivity index (χ2v) is 5.80. The fraction of sp³-hybridized carbons (Fsp3) is 0.133. The highest BCUT2D eigenvalue weighted by Gasteiger charge is 2.33. The van der Waals surface area contributed by atoms with Crippen molar-refractivity contribution in [2.24, 2.45) is 0 Å². The quantitative estimate of drug-likeness (QED) is 0.747. The lowest BCUT2D eigenvalue weighted by atomic mass is 9.89. The van der Waals surface area contributed by atoms with E-state index in [1.165, 1.54) is 12.1 Å². The number of hydrogen-bond acceptors (Lipinski definition) is 2. The number of fused-ring (bicyclic) bond motifs is 1. The standard InChI is InChI=1S/C15H9BrClFO2/c16-11-2-1-3-13-14(11)15(19)10(7-20-13)9-5-4-8(17)6-12(9)18/h1-6,10H,7H2. The Bertz CT molecular complexity index is 702.